The Labute approximate surface area is 154 Å². The number of nitrogens with zero attached hydrogens (tertiary/aromatic N) is 2. The van der Waals surface area contributed by atoms with Crippen molar-refractivity contribution in [1.82, 2.24) is 4.90 Å². The number of H-pyrrole nitrogens is 1. The van der Waals surface area contributed by atoms with E-state index in [-0.39, 0.29) is 24.5 Å². The molecule has 2 heterocycles. The lowest BCUT2D eigenvalue weighted by molar-refractivity contribution is -0.377. The maximum absolute atomic E-state index is 12.4. The van der Waals surface area contributed by atoms with Crippen LogP contribution in [0.5, 0.6) is 0 Å². The highest BCUT2D eigenvalue weighted by Crippen LogP contribution is 2.16. The molecule has 1 N–H and O–H groups in total. The van der Waals surface area contributed by atoms with Gasteiger partial charge in [-0.25, -0.2) is 4.98 Å². The van der Waals surface area contributed by atoms with Crippen molar-refractivity contribution < 1.29 is 14.6 Å². The average Bonchev–Trinajstić information content (AvgIpc) is 2.68. The maximum atomic E-state index is 12.4. The van der Waals surface area contributed by atoms with Crippen LogP contribution in [0.1, 0.15) is 34.3 Å². The van der Waals surface area contributed by atoms with Gasteiger partial charge in [0.2, 0.25) is 5.91 Å². The van der Waals surface area contributed by atoms with Crippen molar-refractivity contribution in [1.29, 1.82) is 0 Å². The summed E-state index contributed by atoms with van der Waals surface area (Å²) < 4.78 is 0. The molecule has 1 aromatic carbocycles. The van der Waals surface area contributed by atoms with Gasteiger partial charge in [0.05, 0.1) is 0 Å². The number of pyridine rings is 1. The van der Waals surface area contributed by atoms with Crippen molar-refractivity contribution >= 4 is 17.4 Å². The van der Waals surface area contributed by atoms with E-state index in [2.05, 4.69) is 9.88 Å². The maximum Gasteiger partial charge on any atom is 0.223 e. The van der Waals surface area contributed by atoms with Crippen LogP contribution in [0, 0.1) is 13.8 Å². The van der Waals surface area contributed by atoms with Crippen LogP contribution in [-0.4, -0.2) is 42.8 Å². The van der Waals surface area contributed by atoms with Crippen LogP contribution in [0.3, 0.4) is 0 Å². The number of hydrogen-bond donors (Lipinski definition) is 0. The van der Waals surface area contributed by atoms with E-state index in [0.717, 1.165) is 18.7 Å². The number of carbonyl (C=O) groups is 2. The van der Waals surface area contributed by atoms with Crippen molar-refractivity contribution in [2.45, 2.75) is 26.7 Å². The van der Waals surface area contributed by atoms with Crippen molar-refractivity contribution in [2.75, 3.05) is 31.1 Å². The summed E-state index contributed by atoms with van der Waals surface area (Å²) >= 11 is 0. The first kappa shape index (κ1) is 18.1. The third-order valence-corrected chi connectivity index (χ3v) is 5.09. The van der Waals surface area contributed by atoms with Crippen LogP contribution < -0.4 is 9.88 Å². The van der Waals surface area contributed by atoms with Gasteiger partial charge in [-0.3, -0.25) is 9.59 Å². The number of benzene rings is 1. The lowest BCUT2D eigenvalue weighted by Gasteiger charge is -2.35. The number of nitrogens with one attached hydrogen (secondary N) is 1. The number of ketones is 1. The Kier molecular flexibility index (Phi) is 5.66. The number of hydrogen-bond acceptors (Lipinski definition) is 3. The molecule has 0 bridgehead atoms. The molecule has 5 heteroatoms. The first-order valence-electron chi connectivity index (χ1n) is 9.14. The smallest absolute Gasteiger partial charge is 0.223 e. The first-order chi connectivity index (χ1) is 12.5. The minimum absolute atomic E-state index is 0.0422. The zero-order chi connectivity index (χ0) is 18.5. The number of aromatic amines is 1. The average molecular weight is 352 g/mol. The number of amides is 1. The molecule has 0 spiro atoms. The van der Waals surface area contributed by atoms with Crippen LogP contribution in [0.15, 0.2) is 42.7 Å². The van der Waals surface area contributed by atoms with Gasteiger partial charge in [-0.1, -0.05) is 12.1 Å². The summed E-state index contributed by atoms with van der Waals surface area (Å²) in [6, 6.07) is 9.81. The van der Waals surface area contributed by atoms with Crippen LogP contribution in [-0.2, 0) is 4.79 Å². The molecule has 0 aliphatic carbocycles. The molecule has 1 aliphatic rings. The van der Waals surface area contributed by atoms with E-state index in [0.29, 0.717) is 18.7 Å². The molecule has 0 radical (unpaired) electrons. The van der Waals surface area contributed by atoms with Gasteiger partial charge in [0.15, 0.2) is 18.2 Å². The van der Waals surface area contributed by atoms with E-state index in [1.54, 1.807) is 0 Å². The molecule has 1 aliphatic heterocycles. The number of piperazine rings is 1. The highest BCUT2D eigenvalue weighted by Gasteiger charge is 2.22. The second-order valence-corrected chi connectivity index (χ2v) is 6.85. The molecule has 26 heavy (non-hydrogen) atoms. The summed E-state index contributed by atoms with van der Waals surface area (Å²) in [5.41, 5.74) is 4.15. The van der Waals surface area contributed by atoms with E-state index in [4.69, 9.17) is 0 Å². The van der Waals surface area contributed by atoms with Crippen LogP contribution in [0.25, 0.3) is 0 Å². The summed E-state index contributed by atoms with van der Waals surface area (Å²) in [7, 11) is 0. The molecule has 5 nitrogen and oxygen atoms in total. The van der Waals surface area contributed by atoms with E-state index in [1.165, 1.54) is 11.3 Å². The molecule has 0 saturated carbocycles. The van der Waals surface area contributed by atoms with E-state index in [1.807, 2.05) is 61.5 Å². The minimum atomic E-state index is 0.0422. The minimum Gasteiger partial charge on any atom is -0.368 e. The molecule has 0 unspecified atom stereocenters. The summed E-state index contributed by atoms with van der Waals surface area (Å²) in [6.45, 7) is 7.08. The molecule has 0 atom stereocenters. The summed E-state index contributed by atoms with van der Waals surface area (Å²) in [5, 5.41) is 0. The van der Waals surface area contributed by atoms with Crippen LogP contribution in [0.4, 0.5) is 5.69 Å². The first-order valence-corrected chi connectivity index (χ1v) is 9.14. The number of aryl methyl sites for hydroxylation is 2. The van der Waals surface area contributed by atoms with Gasteiger partial charge < -0.3 is 9.80 Å². The Hall–Kier alpha value is -2.69. The number of anilines is 1. The van der Waals surface area contributed by atoms with Gasteiger partial charge in [0, 0.05) is 62.4 Å². The molecular formula is C21H26N3O2+. The van der Waals surface area contributed by atoms with Crippen molar-refractivity contribution in [3.8, 4) is 0 Å². The lowest BCUT2D eigenvalue weighted by Crippen LogP contribution is -2.48. The predicted molar refractivity (Wildman–Crippen MR) is 101 cm³/mol. The van der Waals surface area contributed by atoms with Gasteiger partial charge in [-0.05, 0) is 31.0 Å². The lowest BCUT2D eigenvalue weighted by atomic mass is 10.0. The SMILES string of the molecule is Cc1ccc(C(=O)CCC(=O)N2CCN(c3cc[nH+]cc3)CC2)cc1C. The van der Waals surface area contributed by atoms with Gasteiger partial charge in [0.1, 0.15) is 0 Å². The van der Waals surface area contributed by atoms with Gasteiger partial charge >= 0.3 is 0 Å². The normalized spacial score (nSPS) is 14.4. The molecule has 2 aromatic rings. The summed E-state index contributed by atoms with van der Waals surface area (Å²) in [6.07, 6.45) is 4.37. The molecule has 1 aromatic heterocycles. The zero-order valence-electron chi connectivity index (χ0n) is 15.5. The quantitative estimate of drug-likeness (QED) is 0.777. The second kappa shape index (κ2) is 8.13. The summed E-state index contributed by atoms with van der Waals surface area (Å²) in [4.78, 5) is 32.0. The number of aromatic nitrogens is 1. The van der Waals surface area contributed by atoms with Gasteiger partial charge in [0.25, 0.3) is 0 Å². The molecule has 1 amide bonds. The zero-order valence-corrected chi connectivity index (χ0v) is 15.5. The molecular weight excluding hydrogens is 326 g/mol. The monoisotopic (exact) mass is 352 g/mol. The Bertz CT molecular complexity index is 781. The van der Waals surface area contributed by atoms with Crippen LogP contribution >= 0.6 is 0 Å². The fourth-order valence-electron chi connectivity index (χ4n) is 3.24. The fourth-order valence-corrected chi connectivity index (χ4v) is 3.24. The summed E-state index contributed by atoms with van der Waals surface area (Å²) in [5.74, 6) is 0.115. The molecule has 136 valence electrons. The van der Waals surface area contributed by atoms with Gasteiger partial charge in [-0.2, -0.15) is 0 Å². The number of rotatable bonds is 5. The van der Waals surface area contributed by atoms with E-state index >= 15 is 0 Å². The highest BCUT2D eigenvalue weighted by molar-refractivity contribution is 5.98. The van der Waals surface area contributed by atoms with E-state index in [9.17, 15) is 9.59 Å². The largest absolute Gasteiger partial charge is 0.368 e. The Morgan fingerprint density at radius 1 is 0.923 bits per heavy atom. The van der Waals surface area contributed by atoms with Gasteiger partial charge in [-0.15, -0.1) is 0 Å². The van der Waals surface area contributed by atoms with Crippen LogP contribution in [0.2, 0.25) is 0 Å². The fraction of sp³-hybridized carbons (Fsp3) is 0.381. The Morgan fingerprint density at radius 2 is 1.62 bits per heavy atom. The molecule has 3 rings (SSSR count). The second-order valence-electron chi connectivity index (χ2n) is 6.85. The number of Topliss-reactive ketones (excluding diaryl/α,β-unsaturated/α-hetero) is 1. The standard InChI is InChI=1S/C21H25N3O2/c1-16-3-4-18(15-17(16)2)20(25)5-6-21(26)24-13-11-23(12-14-24)19-7-9-22-10-8-19/h3-4,7-10,15H,5-6,11-14H2,1-2H3/p+1. The van der Waals surface area contributed by atoms with E-state index < -0.39 is 0 Å². The Morgan fingerprint density at radius 3 is 2.27 bits per heavy atom. The Balaban J connectivity index is 1.48. The number of carbonyl (C=O) groups excluding carboxylic acids is 2. The molecule has 1 fully saturated rings. The highest BCUT2D eigenvalue weighted by atomic mass is 16.2. The van der Waals surface area contributed by atoms with Crippen molar-refractivity contribution in [3.05, 3.63) is 59.4 Å². The predicted octanol–water partition coefficient (Wildman–Crippen LogP) is 2.43. The van der Waals surface area contributed by atoms with Crippen molar-refractivity contribution in [2.24, 2.45) is 0 Å². The third-order valence-electron chi connectivity index (χ3n) is 5.09. The topological polar surface area (TPSA) is 54.8 Å². The molecule has 1 saturated heterocycles. The van der Waals surface area contributed by atoms with Crippen molar-refractivity contribution in [3.63, 3.8) is 0 Å². The third kappa shape index (κ3) is 4.28.